The summed E-state index contributed by atoms with van der Waals surface area (Å²) in [5.74, 6) is -1.49. The van der Waals surface area contributed by atoms with Crippen molar-refractivity contribution in [1.29, 1.82) is 0 Å². The van der Waals surface area contributed by atoms with E-state index in [9.17, 15) is 9.59 Å². The van der Waals surface area contributed by atoms with Crippen molar-refractivity contribution < 1.29 is 53.9 Å². The molecule has 1 aliphatic rings. The molecule has 2 N–H and O–H groups in total. The van der Waals surface area contributed by atoms with Crippen LogP contribution in [-0.2, 0) is 31.3 Å². The van der Waals surface area contributed by atoms with E-state index >= 15 is 0 Å². The third-order valence-corrected chi connectivity index (χ3v) is 3.17. The molecule has 0 fully saturated rings. The molecule has 0 spiro atoms. The smallest absolute Gasteiger partial charge is 0.303 e. The van der Waals surface area contributed by atoms with Crippen LogP contribution < -0.4 is 12.4 Å². The second-order valence-corrected chi connectivity index (χ2v) is 5.12. The van der Waals surface area contributed by atoms with Crippen LogP contribution in [0, 0.1) is 11.5 Å². The fourth-order valence-electron chi connectivity index (χ4n) is 1.41. The first-order valence-electron chi connectivity index (χ1n) is 6.73. The number of carboxylic acid groups (broad SMARTS) is 2. The predicted octanol–water partition coefficient (Wildman–Crippen LogP) is 1.08. The van der Waals surface area contributed by atoms with Crippen molar-refractivity contribution in [2.45, 2.75) is 61.3 Å². The Hall–Kier alpha value is -0.576. The molecule has 1 rings (SSSR count). The normalized spacial score (nSPS) is 14.0. The van der Waals surface area contributed by atoms with Gasteiger partial charge in [0.05, 0.1) is 0 Å². The first kappa shape index (κ1) is 29.4. The van der Waals surface area contributed by atoms with Gasteiger partial charge in [-0.3, -0.25) is 15.7 Å². The molecule has 128 valence electrons. The van der Waals surface area contributed by atoms with Crippen molar-refractivity contribution in [1.82, 2.24) is 0 Å². The molecule has 0 amide bonds. The van der Waals surface area contributed by atoms with E-state index < -0.39 is 11.9 Å². The Morgan fingerprint density at radius 3 is 1.32 bits per heavy atom. The van der Waals surface area contributed by atoms with Gasteiger partial charge in [-0.15, -0.1) is 6.92 Å². The Bertz CT molecular complexity index is 398. The Balaban J connectivity index is -0.000000117. The second-order valence-electron chi connectivity index (χ2n) is 5.12. The van der Waals surface area contributed by atoms with E-state index in [2.05, 4.69) is 40.7 Å². The standard InChI is InChI=1S/C10H15.2C3H6O2.ClH.Ti/c1-7-6-10(4,5)9(3)8(7)2;2*1-2-3(4)5;;/h1-5H3;2*2H2,1H3,(H,4,5);1H;/q-1;;;;/p-1. The average Bonchev–Trinajstić information content (AvgIpc) is 2.53. The first-order chi connectivity index (χ1) is 8.99. The van der Waals surface area contributed by atoms with E-state index in [4.69, 9.17) is 10.2 Å². The monoisotopic (exact) mass is 366 g/mol. The quantitative estimate of drug-likeness (QED) is 0.566. The molecule has 0 atom stereocenters. The maximum atomic E-state index is 9.37. The summed E-state index contributed by atoms with van der Waals surface area (Å²) in [5.41, 5.74) is 4.39. The van der Waals surface area contributed by atoms with Crippen LogP contribution in [0.3, 0.4) is 0 Å². The van der Waals surface area contributed by atoms with Crippen LogP contribution in [0.15, 0.2) is 16.7 Å². The van der Waals surface area contributed by atoms with Gasteiger partial charge in [0.25, 0.3) is 0 Å². The van der Waals surface area contributed by atoms with Gasteiger partial charge in [-0.05, 0) is 0 Å². The SMILES string of the molecule is CC1=[C-]C(C)(C)C(C)=C1C.CCC(=O)O.CCC(=O)O.[Cl-].[Ti]. The molecule has 22 heavy (non-hydrogen) atoms. The molecule has 0 heterocycles. The summed E-state index contributed by atoms with van der Waals surface area (Å²) in [6.45, 7) is 14.1. The molecule has 0 aliphatic heterocycles. The molecule has 1 aliphatic carbocycles. The molecule has 0 saturated heterocycles. The van der Waals surface area contributed by atoms with Crippen LogP contribution in [-0.4, -0.2) is 22.2 Å². The molecule has 0 aromatic rings. The predicted molar refractivity (Wildman–Crippen MR) is 80.4 cm³/mol. The van der Waals surface area contributed by atoms with Gasteiger partial charge in [0.2, 0.25) is 0 Å². The van der Waals surface area contributed by atoms with Gasteiger partial charge in [0.1, 0.15) is 0 Å². The number of carboxylic acids is 2. The number of carbonyl (C=O) groups is 2. The van der Waals surface area contributed by atoms with Crippen molar-refractivity contribution in [3.05, 3.63) is 22.8 Å². The molecule has 0 radical (unpaired) electrons. The second kappa shape index (κ2) is 14.0. The number of halogens is 1. The molecular weight excluding hydrogens is 339 g/mol. The van der Waals surface area contributed by atoms with E-state index in [-0.39, 0.29) is 52.4 Å². The van der Waals surface area contributed by atoms with E-state index in [1.54, 1.807) is 13.8 Å². The van der Waals surface area contributed by atoms with Crippen molar-refractivity contribution in [3.8, 4) is 0 Å². The zero-order valence-electron chi connectivity index (χ0n) is 14.5. The summed E-state index contributed by atoms with van der Waals surface area (Å²) in [6, 6.07) is 0. The van der Waals surface area contributed by atoms with Crippen LogP contribution in [0.4, 0.5) is 0 Å². The van der Waals surface area contributed by atoms with Crippen LogP contribution >= 0.6 is 0 Å². The van der Waals surface area contributed by atoms with Crippen LogP contribution in [0.1, 0.15) is 61.3 Å². The molecule has 0 aromatic carbocycles. The number of hydrogen-bond donors (Lipinski definition) is 2. The Kier molecular flexibility index (Phi) is 18.8. The summed E-state index contributed by atoms with van der Waals surface area (Å²) < 4.78 is 0. The topological polar surface area (TPSA) is 74.6 Å². The van der Waals surface area contributed by atoms with Gasteiger partial charge in [0.15, 0.2) is 0 Å². The largest absolute Gasteiger partial charge is 1.00 e. The summed E-state index contributed by atoms with van der Waals surface area (Å²) in [5, 5.41) is 15.4. The first-order valence-corrected chi connectivity index (χ1v) is 6.73. The molecular formula is C16H27ClO4Ti-2. The molecule has 0 bridgehead atoms. The van der Waals surface area contributed by atoms with Gasteiger partial charge < -0.3 is 22.6 Å². The Morgan fingerprint density at radius 1 is 1.00 bits per heavy atom. The summed E-state index contributed by atoms with van der Waals surface area (Å²) in [4.78, 5) is 18.7. The zero-order valence-corrected chi connectivity index (χ0v) is 16.8. The molecule has 0 unspecified atom stereocenters. The molecule has 4 nitrogen and oxygen atoms in total. The summed E-state index contributed by atoms with van der Waals surface area (Å²) in [6.07, 6.45) is 3.88. The molecule has 0 aromatic heterocycles. The average molecular weight is 367 g/mol. The third-order valence-electron chi connectivity index (χ3n) is 3.17. The minimum absolute atomic E-state index is 0. The van der Waals surface area contributed by atoms with E-state index in [1.165, 1.54) is 16.7 Å². The van der Waals surface area contributed by atoms with Gasteiger partial charge in [0, 0.05) is 34.6 Å². The Morgan fingerprint density at radius 2 is 1.27 bits per heavy atom. The molecule has 6 heteroatoms. The van der Waals surface area contributed by atoms with Gasteiger partial charge in [-0.1, -0.05) is 47.0 Å². The Labute approximate surface area is 155 Å². The zero-order chi connectivity index (χ0) is 16.5. The van der Waals surface area contributed by atoms with Crippen molar-refractivity contribution in [2.75, 3.05) is 0 Å². The minimum Gasteiger partial charge on any atom is -1.00 e. The van der Waals surface area contributed by atoms with Crippen LogP contribution in [0.5, 0.6) is 0 Å². The van der Waals surface area contributed by atoms with E-state index in [0.29, 0.717) is 0 Å². The van der Waals surface area contributed by atoms with Crippen molar-refractivity contribution in [3.63, 3.8) is 0 Å². The van der Waals surface area contributed by atoms with Crippen molar-refractivity contribution in [2.24, 2.45) is 5.41 Å². The fraction of sp³-hybridized carbons (Fsp3) is 0.625. The maximum absolute atomic E-state index is 9.37. The van der Waals surface area contributed by atoms with Crippen LogP contribution in [0.25, 0.3) is 0 Å². The molecule has 0 saturated carbocycles. The van der Waals surface area contributed by atoms with Crippen molar-refractivity contribution >= 4 is 11.9 Å². The van der Waals surface area contributed by atoms with E-state index in [0.717, 1.165) is 0 Å². The maximum Gasteiger partial charge on any atom is 0.303 e. The number of allylic oxidation sites excluding steroid dienone is 4. The summed E-state index contributed by atoms with van der Waals surface area (Å²) >= 11 is 0. The third kappa shape index (κ3) is 13.1. The minimum atomic E-state index is -0.745. The number of rotatable bonds is 2. The van der Waals surface area contributed by atoms with Gasteiger partial charge >= 0.3 is 11.9 Å². The summed E-state index contributed by atoms with van der Waals surface area (Å²) in [7, 11) is 0. The van der Waals surface area contributed by atoms with E-state index in [1.807, 2.05) is 0 Å². The van der Waals surface area contributed by atoms with Gasteiger partial charge in [-0.2, -0.15) is 11.1 Å². The number of hydrogen-bond acceptors (Lipinski definition) is 2. The van der Waals surface area contributed by atoms with Gasteiger partial charge in [-0.25, -0.2) is 5.57 Å². The van der Waals surface area contributed by atoms with Crippen LogP contribution in [0.2, 0.25) is 0 Å². The fourth-order valence-corrected chi connectivity index (χ4v) is 1.41. The number of aliphatic carboxylic acids is 2.